The van der Waals surface area contributed by atoms with Crippen LogP contribution in [0, 0.1) is 23.7 Å². The van der Waals surface area contributed by atoms with E-state index in [1.807, 2.05) is 0 Å². The number of fused-ring (bicyclic) bond motifs is 1. The molecule has 0 spiro atoms. The fraction of sp³-hybridized carbons (Fsp3) is 1.00. The molecule has 2 bridgehead atoms. The largest absolute Gasteiger partial charge is 0.396 e. The maximum absolute atomic E-state index is 9.21. The van der Waals surface area contributed by atoms with Gasteiger partial charge in [0.25, 0.3) is 0 Å². The summed E-state index contributed by atoms with van der Waals surface area (Å²) < 4.78 is 5.64. The fourth-order valence-corrected chi connectivity index (χ4v) is 3.62. The Morgan fingerprint density at radius 1 is 1.33 bits per heavy atom. The third-order valence-electron chi connectivity index (χ3n) is 4.18. The molecule has 3 N–H and O–H groups in total. The van der Waals surface area contributed by atoms with Crippen molar-refractivity contribution in [2.75, 3.05) is 13.2 Å². The highest BCUT2D eigenvalue weighted by atomic mass is 16.5. The van der Waals surface area contributed by atoms with Crippen molar-refractivity contribution in [2.45, 2.75) is 18.6 Å². The minimum absolute atomic E-state index is 0.200. The van der Waals surface area contributed by atoms with Crippen molar-refractivity contribution in [3.05, 3.63) is 0 Å². The average Bonchev–Trinajstić information content (AvgIpc) is 2.62. The molecule has 0 unspecified atom stereocenters. The minimum atomic E-state index is 0.200. The first-order chi connectivity index (χ1) is 5.83. The third-order valence-corrected chi connectivity index (χ3v) is 4.18. The van der Waals surface area contributed by atoms with Crippen LogP contribution in [-0.4, -0.2) is 30.5 Å². The summed E-state index contributed by atoms with van der Waals surface area (Å²) in [5.74, 6) is 2.26. The number of aliphatic hydroxyl groups excluding tert-OH is 1. The molecular weight excluding hydrogens is 154 g/mol. The van der Waals surface area contributed by atoms with Crippen molar-refractivity contribution >= 4 is 0 Å². The van der Waals surface area contributed by atoms with E-state index in [1.54, 1.807) is 0 Å². The monoisotopic (exact) mass is 169 g/mol. The lowest BCUT2D eigenvalue weighted by molar-refractivity contribution is 0.0832. The molecule has 1 aliphatic heterocycles. The van der Waals surface area contributed by atoms with E-state index in [9.17, 15) is 5.11 Å². The number of hydrogen-bond donors (Lipinski definition) is 2. The molecule has 0 aromatic rings. The molecule has 3 rings (SSSR count). The topological polar surface area (TPSA) is 55.5 Å². The Balaban J connectivity index is 1.95. The van der Waals surface area contributed by atoms with Crippen LogP contribution in [-0.2, 0) is 4.74 Å². The van der Waals surface area contributed by atoms with Crippen LogP contribution in [0.15, 0.2) is 0 Å². The Kier molecular flexibility index (Phi) is 1.35. The summed E-state index contributed by atoms with van der Waals surface area (Å²) in [4.78, 5) is 0. The van der Waals surface area contributed by atoms with E-state index in [4.69, 9.17) is 10.5 Å². The molecule has 3 heteroatoms. The zero-order valence-corrected chi connectivity index (χ0v) is 7.02. The van der Waals surface area contributed by atoms with Crippen molar-refractivity contribution in [1.82, 2.24) is 0 Å². The molecule has 0 amide bonds. The van der Waals surface area contributed by atoms with E-state index < -0.39 is 0 Å². The van der Waals surface area contributed by atoms with Crippen LogP contribution >= 0.6 is 0 Å². The average molecular weight is 169 g/mol. The Labute approximate surface area is 71.9 Å². The van der Waals surface area contributed by atoms with Crippen LogP contribution in [0.5, 0.6) is 0 Å². The molecule has 3 aliphatic rings. The summed E-state index contributed by atoms with van der Waals surface area (Å²) >= 11 is 0. The van der Waals surface area contributed by atoms with E-state index in [2.05, 4.69) is 0 Å². The summed E-state index contributed by atoms with van der Waals surface area (Å²) in [5.41, 5.74) is 6.03. The number of hydrogen-bond acceptors (Lipinski definition) is 3. The molecule has 3 nitrogen and oxygen atoms in total. The summed E-state index contributed by atoms with van der Waals surface area (Å²) in [7, 11) is 0. The molecule has 0 aromatic carbocycles. The van der Waals surface area contributed by atoms with Gasteiger partial charge in [-0.3, -0.25) is 0 Å². The Hall–Kier alpha value is -0.120. The molecule has 1 heterocycles. The van der Waals surface area contributed by atoms with E-state index in [0.29, 0.717) is 36.4 Å². The maximum atomic E-state index is 9.21. The van der Waals surface area contributed by atoms with Gasteiger partial charge in [0.15, 0.2) is 0 Å². The van der Waals surface area contributed by atoms with E-state index >= 15 is 0 Å². The van der Waals surface area contributed by atoms with Gasteiger partial charge in [-0.1, -0.05) is 0 Å². The molecule has 6 atom stereocenters. The van der Waals surface area contributed by atoms with Gasteiger partial charge in [0.2, 0.25) is 0 Å². The summed E-state index contributed by atoms with van der Waals surface area (Å²) in [5, 5.41) is 9.21. The predicted molar refractivity (Wildman–Crippen MR) is 43.4 cm³/mol. The van der Waals surface area contributed by atoms with Gasteiger partial charge in [-0.2, -0.15) is 0 Å². The molecule has 12 heavy (non-hydrogen) atoms. The Morgan fingerprint density at radius 2 is 2.17 bits per heavy atom. The van der Waals surface area contributed by atoms with Gasteiger partial charge in [0.05, 0.1) is 12.7 Å². The molecule has 0 radical (unpaired) electrons. The first-order valence-corrected chi connectivity index (χ1v) is 4.81. The van der Waals surface area contributed by atoms with Crippen molar-refractivity contribution in [3.8, 4) is 0 Å². The van der Waals surface area contributed by atoms with E-state index in [0.717, 1.165) is 6.61 Å². The summed E-state index contributed by atoms with van der Waals surface area (Å²) in [6.07, 6.45) is 1.52. The fourth-order valence-electron chi connectivity index (χ4n) is 3.62. The zero-order chi connectivity index (χ0) is 8.29. The van der Waals surface area contributed by atoms with Gasteiger partial charge in [0.1, 0.15) is 0 Å². The van der Waals surface area contributed by atoms with Crippen LogP contribution in [0.4, 0.5) is 0 Å². The van der Waals surface area contributed by atoms with Crippen LogP contribution in [0.1, 0.15) is 6.42 Å². The minimum Gasteiger partial charge on any atom is -0.396 e. The second-order valence-electron chi connectivity index (χ2n) is 4.45. The standard InChI is InChI=1S/C9H15NO2/c10-8-4-1-5-7(6(4)2-11)3-12-9(5)8/h4-9,11H,1-3,10H2/t4-,5+,6+,7+,8-,9-/m1/s1. The van der Waals surface area contributed by atoms with Crippen molar-refractivity contribution in [2.24, 2.45) is 29.4 Å². The second kappa shape index (κ2) is 2.22. The van der Waals surface area contributed by atoms with Gasteiger partial charge in [0, 0.05) is 12.6 Å². The van der Waals surface area contributed by atoms with E-state index in [-0.39, 0.29) is 6.04 Å². The first-order valence-electron chi connectivity index (χ1n) is 4.81. The highest BCUT2D eigenvalue weighted by Gasteiger charge is 2.60. The van der Waals surface area contributed by atoms with Crippen molar-refractivity contribution in [1.29, 1.82) is 0 Å². The molecule has 2 saturated carbocycles. The van der Waals surface area contributed by atoms with Crippen LogP contribution in [0.3, 0.4) is 0 Å². The van der Waals surface area contributed by atoms with Gasteiger partial charge >= 0.3 is 0 Å². The van der Waals surface area contributed by atoms with Gasteiger partial charge in [-0.15, -0.1) is 0 Å². The quantitative estimate of drug-likeness (QED) is 0.561. The Bertz CT molecular complexity index is 209. The SMILES string of the molecule is N[C@@H]1[C@@H]2C[C@H]3[C@H](CO[C@@H]13)[C@H]2CO. The molecule has 0 aromatic heterocycles. The number of ether oxygens (including phenoxy) is 1. The summed E-state index contributed by atoms with van der Waals surface area (Å²) in [6, 6.07) is 0.200. The van der Waals surface area contributed by atoms with Gasteiger partial charge in [-0.25, -0.2) is 0 Å². The molecule has 1 saturated heterocycles. The van der Waals surface area contributed by atoms with Crippen molar-refractivity contribution in [3.63, 3.8) is 0 Å². The van der Waals surface area contributed by atoms with E-state index in [1.165, 1.54) is 6.42 Å². The second-order valence-corrected chi connectivity index (χ2v) is 4.45. The highest BCUT2D eigenvalue weighted by molar-refractivity contribution is 5.10. The van der Waals surface area contributed by atoms with Gasteiger partial charge < -0.3 is 15.6 Å². The van der Waals surface area contributed by atoms with Gasteiger partial charge in [-0.05, 0) is 30.1 Å². The zero-order valence-electron chi connectivity index (χ0n) is 7.02. The lowest BCUT2D eigenvalue weighted by atomic mass is 9.78. The van der Waals surface area contributed by atoms with Crippen molar-refractivity contribution < 1.29 is 9.84 Å². The van der Waals surface area contributed by atoms with Crippen LogP contribution in [0.25, 0.3) is 0 Å². The third kappa shape index (κ3) is 0.640. The predicted octanol–water partition coefficient (Wildman–Crippen LogP) is -0.413. The lowest BCUT2D eigenvalue weighted by Crippen LogP contribution is -2.44. The highest BCUT2D eigenvalue weighted by Crippen LogP contribution is 2.56. The lowest BCUT2D eigenvalue weighted by Gasteiger charge is -2.29. The number of nitrogens with two attached hydrogens (primary N) is 1. The van der Waals surface area contributed by atoms with Crippen LogP contribution in [0.2, 0.25) is 0 Å². The number of rotatable bonds is 1. The molecular formula is C9H15NO2. The normalized spacial score (nSPS) is 61.5. The molecule has 2 aliphatic carbocycles. The molecule has 68 valence electrons. The maximum Gasteiger partial charge on any atom is 0.0760 e. The van der Waals surface area contributed by atoms with Crippen LogP contribution < -0.4 is 5.73 Å². The first kappa shape index (κ1) is 7.30. The number of aliphatic hydroxyl groups is 1. The Morgan fingerprint density at radius 3 is 2.92 bits per heavy atom. The summed E-state index contributed by atoms with van der Waals surface area (Å²) in [6.45, 7) is 1.14. The smallest absolute Gasteiger partial charge is 0.0760 e. The molecule has 3 fully saturated rings.